The van der Waals surface area contributed by atoms with Gasteiger partial charge in [-0.3, -0.25) is 4.98 Å². The Kier molecular flexibility index (Phi) is 5.65. The summed E-state index contributed by atoms with van der Waals surface area (Å²) in [5.41, 5.74) is 7.35. The van der Waals surface area contributed by atoms with Crippen LogP contribution in [0.2, 0.25) is 0 Å². The molecule has 3 heterocycles. The average molecular weight is 419 g/mol. The first-order valence-corrected chi connectivity index (χ1v) is 11.1. The molecular weight excluding hydrogens is 388 g/mol. The van der Waals surface area contributed by atoms with E-state index in [0.717, 1.165) is 17.2 Å². The quantitative estimate of drug-likeness (QED) is 0.560. The van der Waals surface area contributed by atoms with Crippen LogP contribution in [0, 0.1) is 13.8 Å². The van der Waals surface area contributed by atoms with Gasteiger partial charge < -0.3 is 14.8 Å². The number of rotatable bonds is 5. The van der Waals surface area contributed by atoms with Gasteiger partial charge in [0, 0.05) is 29.3 Å². The number of aryl methyl sites for hydroxylation is 2. The number of pyridine rings is 1. The second-order valence-corrected chi connectivity index (χ2v) is 8.70. The lowest BCUT2D eigenvalue weighted by molar-refractivity contribution is 0.269. The highest BCUT2D eigenvalue weighted by Crippen LogP contribution is 2.42. The van der Waals surface area contributed by atoms with Crippen molar-refractivity contribution in [1.82, 2.24) is 19.8 Å². The summed E-state index contributed by atoms with van der Waals surface area (Å²) in [6.07, 6.45) is 2.91. The Morgan fingerprint density at radius 1 is 1.10 bits per heavy atom. The summed E-state index contributed by atoms with van der Waals surface area (Å²) in [4.78, 5) is 6.97. The third-order valence-electron chi connectivity index (χ3n) is 6.08. The lowest BCUT2D eigenvalue weighted by Crippen LogP contribution is -2.35. The van der Waals surface area contributed by atoms with E-state index in [9.17, 15) is 0 Å². The van der Waals surface area contributed by atoms with Crippen LogP contribution in [0.15, 0.2) is 54.7 Å². The van der Waals surface area contributed by atoms with Gasteiger partial charge in [-0.05, 0) is 87.8 Å². The fourth-order valence-electron chi connectivity index (χ4n) is 4.62. The van der Waals surface area contributed by atoms with Crippen molar-refractivity contribution < 1.29 is 0 Å². The predicted octanol–water partition coefficient (Wildman–Crippen LogP) is 5.43. The van der Waals surface area contributed by atoms with Crippen LogP contribution in [-0.4, -0.2) is 25.6 Å². The summed E-state index contributed by atoms with van der Waals surface area (Å²) in [7, 11) is 0. The van der Waals surface area contributed by atoms with Crippen LogP contribution in [0.5, 0.6) is 0 Å². The lowest BCUT2D eigenvalue weighted by Gasteiger charge is -2.31. The molecule has 1 aliphatic rings. The topological polar surface area (TPSA) is 33.1 Å². The zero-order valence-corrected chi connectivity index (χ0v) is 19.2. The van der Waals surface area contributed by atoms with E-state index < -0.39 is 0 Å². The SMILES string of the molecule is CCc1ccc(-n2c(C)cc([C@@H]3[C@@H](c4ccccn4)NC(=S)N3C(C)C)c2C)cc1. The molecule has 1 N–H and O–H groups in total. The van der Waals surface area contributed by atoms with Gasteiger partial charge in [-0.15, -0.1) is 0 Å². The van der Waals surface area contributed by atoms with Crippen molar-refractivity contribution in [2.24, 2.45) is 0 Å². The van der Waals surface area contributed by atoms with Gasteiger partial charge in [-0.2, -0.15) is 0 Å². The van der Waals surface area contributed by atoms with E-state index in [1.807, 2.05) is 18.3 Å². The molecule has 4 nitrogen and oxygen atoms in total. The maximum absolute atomic E-state index is 5.76. The van der Waals surface area contributed by atoms with E-state index in [2.05, 4.69) is 90.8 Å². The monoisotopic (exact) mass is 418 g/mol. The van der Waals surface area contributed by atoms with Crippen LogP contribution < -0.4 is 5.32 Å². The second kappa shape index (κ2) is 8.23. The third-order valence-corrected chi connectivity index (χ3v) is 6.41. The number of thiocarbonyl (C=S) groups is 1. The van der Waals surface area contributed by atoms with Crippen molar-refractivity contribution in [2.45, 2.75) is 59.2 Å². The van der Waals surface area contributed by atoms with Crippen LogP contribution in [0.3, 0.4) is 0 Å². The standard InChI is InChI=1S/C25H30N4S/c1-6-19-10-12-20(13-11-19)29-17(4)15-21(18(29)5)24-23(22-9-7-8-14-26-22)27-25(30)28(24)16(2)3/h7-16,23-24H,6H2,1-5H3,(H,27,30)/t23-,24-/m1/s1. The molecule has 1 aromatic carbocycles. The Hall–Kier alpha value is -2.66. The molecule has 30 heavy (non-hydrogen) atoms. The predicted molar refractivity (Wildman–Crippen MR) is 127 cm³/mol. The number of benzene rings is 1. The van der Waals surface area contributed by atoms with Gasteiger partial charge in [-0.1, -0.05) is 25.1 Å². The number of hydrogen-bond donors (Lipinski definition) is 1. The first-order valence-electron chi connectivity index (χ1n) is 10.7. The van der Waals surface area contributed by atoms with Gasteiger partial charge >= 0.3 is 0 Å². The summed E-state index contributed by atoms with van der Waals surface area (Å²) in [6, 6.07) is 17.7. The summed E-state index contributed by atoms with van der Waals surface area (Å²) in [5, 5.41) is 4.34. The van der Waals surface area contributed by atoms with Gasteiger partial charge in [0.25, 0.3) is 0 Å². The first kappa shape index (κ1) is 20.6. The highest BCUT2D eigenvalue weighted by Gasteiger charge is 2.42. The molecule has 0 unspecified atom stereocenters. The number of nitrogens with one attached hydrogen (secondary N) is 1. The second-order valence-electron chi connectivity index (χ2n) is 8.31. The van der Waals surface area contributed by atoms with Crippen LogP contribution in [0.1, 0.15) is 61.1 Å². The van der Waals surface area contributed by atoms with Gasteiger partial charge in [-0.25, -0.2) is 0 Å². The van der Waals surface area contributed by atoms with E-state index in [1.54, 1.807) is 0 Å². The van der Waals surface area contributed by atoms with Crippen LogP contribution in [0.25, 0.3) is 5.69 Å². The lowest BCUT2D eigenvalue weighted by atomic mass is 9.96. The minimum atomic E-state index is 0.0255. The molecule has 0 aliphatic carbocycles. The highest BCUT2D eigenvalue weighted by molar-refractivity contribution is 7.80. The Labute approximate surface area is 184 Å². The number of aromatic nitrogens is 2. The number of hydrogen-bond acceptors (Lipinski definition) is 2. The molecule has 0 spiro atoms. The van der Waals surface area contributed by atoms with Crippen molar-refractivity contribution in [1.29, 1.82) is 0 Å². The van der Waals surface area contributed by atoms with Gasteiger partial charge in [0.15, 0.2) is 5.11 Å². The molecule has 1 fully saturated rings. The molecule has 0 amide bonds. The number of nitrogens with zero attached hydrogens (tertiary/aromatic N) is 3. The van der Waals surface area contributed by atoms with Crippen molar-refractivity contribution in [3.05, 3.63) is 82.9 Å². The van der Waals surface area contributed by atoms with Crippen molar-refractivity contribution in [3.8, 4) is 5.69 Å². The molecule has 0 saturated carbocycles. The first-order chi connectivity index (χ1) is 14.4. The van der Waals surface area contributed by atoms with Gasteiger partial charge in [0.05, 0.1) is 17.8 Å². The molecule has 1 saturated heterocycles. The molecule has 3 aromatic rings. The van der Waals surface area contributed by atoms with E-state index in [4.69, 9.17) is 12.2 Å². The summed E-state index contributed by atoms with van der Waals surface area (Å²) >= 11 is 5.76. The maximum atomic E-state index is 5.76. The minimum absolute atomic E-state index is 0.0255. The van der Waals surface area contributed by atoms with E-state index in [-0.39, 0.29) is 18.1 Å². The van der Waals surface area contributed by atoms with Crippen molar-refractivity contribution in [2.75, 3.05) is 0 Å². The van der Waals surface area contributed by atoms with Crippen molar-refractivity contribution in [3.63, 3.8) is 0 Å². The van der Waals surface area contributed by atoms with Crippen LogP contribution in [0.4, 0.5) is 0 Å². The van der Waals surface area contributed by atoms with Gasteiger partial charge in [0.2, 0.25) is 0 Å². The molecule has 1 aliphatic heterocycles. The largest absolute Gasteiger partial charge is 0.352 e. The Morgan fingerprint density at radius 2 is 1.83 bits per heavy atom. The summed E-state index contributed by atoms with van der Waals surface area (Å²) in [5.74, 6) is 0. The Balaban J connectivity index is 1.82. The molecule has 0 bridgehead atoms. The molecule has 5 heteroatoms. The average Bonchev–Trinajstić information content (AvgIpc) is 3.24. The van der Waals surface area contributed by atoms with E-state index in [0.29, 0.717) is 0 Å². The Morgan fingerprint density at radius 3 is 2.43 bits per heavy atom. The van der Waals surface area contributed by atoms with Gasteiger partial charge in [0.1, 0.15) is 0 Å². The molecule has 0 radical (unpaired) electrons. The van der Waals surface area contributed by atoms with Crippen molar-refractivity contribution >= 4 is 17.3 Å². The minimum Gasteiger partial charge on any atom is -0.352 e. The molecule has 4 rings (SSSR count). The fourth-order valence-corrected chi connectivity index (χ4v) is 5.07. The normalized spacial score (nSPS) is 18.9. The van der Waals surface area contributed by atoms with E-state index >= 15 is 0 Å². The van der Waals surface area contributed by atoms with E-state index in [1.165, 1.54) is 28.2 Å². The summed E-state index contributed by atoms with van der Waals surface area (Å²) in [6.45, 7) is 11.0. The molecule has 2 atom stereocenters. The smallest absolute Gasteiger partial charge is 0.170 e. The molecule has 2 aromatic heterocycles. The summed E-state index contributed by atoms with van der Waals surface area (Å²) < 4.78 is 2.35. The molecular formula is C25H30N4S. The fraction of sp³-hybridized carbons (Fsp3) is 0.360. The maximum Gasteiger partial charge on any atom is 0.170 e. The highest BCUT2D eigenvalue weighted by atomic mass is 32.1. The van der Waals surface area contributed by atoms with Crippen LogP contribution >= 0.6 is 12.2 Å². The van der Waals surface area contributed by atoms with Crippen LogP contribution in [-0.2, 0) is 6.42 Å². The third kappa shape index (κ3) is 3.52. The zero-order valence-electron chi connectivity index (χ0n) is 18.4. The Bertz CT molecular complexity index is 1040. The molecule has 156 valence electrons. The zero-order chi connectivity index (χ0) is 21.4.